The van der Waals surface area contributed by atoms with Crippen LogP contribution in [0.15, 0.2) is 47.2 Å². The van der Waals surface area contributed by atoms with Gasteiger partial charge in [-0.1, -0.05) is 22.8 Å². The maximum absolute atomic E-state index is 6.44. The first-order valence-corrected chi connectivity index (χ1v) is 10.9. The van der Waals surface area contributed by atoms with Crippen LogP contribution < -0.4 is 15.5 Å². The van der Waals surface area contributed by atoms with Crippen LogP contribution in [0.25, 0.3) is 11.0 Å². The molecule has 3 heterocycles. The van der Waals surface area contributed by atoms with Gasteiger partial charge < -0.3 is 25.0 Å². The predicted molar refractivity (Wildman–Crippen MR) is 124 cm³/mol. The summed E-state index contributed by atoms with van der Waals surface area (Å²) in [4.78, 5) is 10.5. The highest BCUT2D eigenvalue weighted by Crippen LogP contribution is 2.29. The van der Waals surface area contributed by atoms with E-state index in [1.807, 2.05) is 25.1 Å². The van der Waals surface area contributed by atoms with Crippen LogP contribution in [-0.4, -0.2) is 28.2 Å². The molecule has 0 bridgehead atoms. The number of nitrogens with one attached hydrogen (secondary N) is 3. The molecule has 1 saturated heterocycles. The SMILES string of the molecule is Cc1nocc1CNCc1ccc(Cl)c(Nc2nc3ccc(N4CCCC4)cc3[nH]2)c1. The Kier molecular flexibility index (Phi) is 5.53. The second kappa shape index (κ2) is 8.61. The van der Waals surface area contributed by atoms with E-state index in [2.05, 4.69) is 48.9 Å². The largest absolute Gasteiger partial charge is 0.371 e. The van der Waals surface area contributed by atoms with E-state index in [0.29, 0.717) is 24.1 Å². The van der Waals surface area contributed by atoms with Gasteiger partial charge in [0, 0.05) is 37.4 Å². The highest BCUT2D eigenvalue weighted by atomic mass is 35.5. The number of H-pyrrole nitrogens is 1. The van der Waals surface area contributed by atoms with Gasteiger partial charge in [0.2, 0.25) is 5.95 Å². The molecule has 1 aliphatic rings. The molecule has 2 aromatic carbocycles. The Morgan fingerprint density at radius 3 is 2.81 bits per heavy atom. The highest BCUT2D eigenvalue weighted by Gasteiger charge is 2.14. The van der Waals surface area contributed by atoms with Crippen LogP contribution in [0.2, 0.25) is 5.02 Å². The van der Waals surface area contributed by atoms with E-state index in [-0.39, 0.29) is 0 Å². The molecule has 1 aliphatic heterocycles. The lowest BCUT2D eigenvalue weighted by molar-refractivity contribution is 0.414. The zero-order valence-corrected chi connectivity index (χ0v) is 18.2. The first-order chi connectivity index (χ1) is 15.2. The summed E-state index contributed by atoms with van der Waals surface area (Å²) in [7, 11) is 0. The zero-order valence-electron chi connectivity index (χ0n) is 17.4. The molecule has 8 heteroatoms. The number of aromatic nitrogens is 3. The average Bonchev–Trinajstić information content (AvgIpc) is 3.51. The van der Waals surface area contributed by atoms with Crippen molar-refractivity contribution in [2.75, 3.05) is 23.3 Å². The average molecular weight is 437 g/mol. The molecule has 0 amide bonds. The quantitative estimate of drug-likeness (QED) is 0.372. The molecule has 0 aliphatic carbocycles. The summed E-state index contributed by atoms with van der Waals surface area (Å²) >= 11 is 6.44. The Bertz CT molecular complexity index is 1190. The fourth-order valence-electron chi connectivity index (χ4n) is 3.96. The van der Waals surface area contributed by atoms with E-state index in [1.54, 1.807) is 6.26 Å². The molecule has 1 fully saturated rings. The maximum atomic E-state index is 6.44. The summed E-state index contributed by atoms with van der Waals surface area (Å²) in [6.45, 7) is 5.58. The van der Waals surface area contributed by atoms with Gasteiger partial charge in [0.1, 0.15) is 6.26 Å². The molecule has 7 nitrogen and oxygen atoms in total. The first-order valence-electron chi connectivity index (χ1n) is 10.6. The Morgan fingerprint density at radius 1 is 1.13 bits per heavy atom. The fraction of sp³-hybridized carbons (Fsp3) is 0.304. The molecule has 0 saturated carbocycles. The van der Waals surface area contributed by atoms with Gasteiger partial charge in [0.05, 0.1) is 27.4 Å². The van der Waals surface area contributed by atoms with Crippen molar-refractivity contribution < 1.29 is 4.52 Å². The second-order valence-electron chi connectivity index (χ2n) is 7.95. The van der Waals surface area contributed by atoms with Crippen molar-refractivity contribution >= 4 is 40.0 Å². The number of benzene rings is 2. The van der Waals surface area contributed by atoms with Gasteiger partial charge in [0.15, 0.2) is 0 Å². The number of fused-ring (bicyclic) bond motifs is 1. The molecule has 0 atom stereocenters. The van der Waals surface area contributed by atoms with Crippen molar-refractivity contribution in [3.63, 3.8) is 0 Å². The third-order valence-electron chi connectivity index (χ3n) is 5.71. The number of imidazole rings is 1. The summed E-state index contributed by atoms with van der Waals surface area (Å²) in [5.74, 6) is 0.681. The van der Waals surface area contributed by atoms with E-state index < -0.39 is 0 Å². The Balaban J connectivity index is 1.29. The summed E-state index contributed by atoms with van der Waals surface area (Å²) in [6, 6.07) is 12.3. The Hall–Kier alpha value is -3.03. The lowest BCUT2D eigenvalue weighted by Gasteiger charge is -2.17. The van der Waals surface area contributed by atoms with Crippen LogP contribution in [0.4, 0.5) is 17.3 Å². The molecular formula is C23H25ClN6O. The fourth-order valence-corrected chi connectivity index (χ4v) is 4.12. The maximum Gasteiger partial charge on any atom is 0.205 e. The van der Waals surface area contributed by atoms with Crippen molar-refractivity contribution in [1.82, 2.24) is 20.4 Å². The van der Waals surface area contributed by atoms with Gasteiger partial charge in [-0.2, -0.15) is 0 Å². The monoisotopic (exact) mass is 436 g/mol. The molecule has 4 aromatic rings. The van der Waals surface area contributed by atoms with Crippen molar-refractivity contribution in [2.45, 2.75) is 32.9 Å². The summed E-state index contributed by atoms with van der Waals surface area (Å²) < 4.78 is 4.98. The van der Waals surface area contributed by atoms with Gasteiger partial charge in [-0.3, -0.25) is 0 Å². The molecule has 0 unspecified atom stereocenters. The number of rotatable bonds is 7. The molecule has 160 valence electrons. The van der Waals surface area contributed by atoms with E-state index in [4.69, 9.17) is 16.1 Å². The van der Waals surface area contributed by atoms with Crippen LogP contribution in [0.5, 0.6) is 0 Å². The normalized spacial score (nSPS) is 13.9. The zero-order chi connectivity index (χ0) is 21.2. The molecule has 5 rings (SSSR count). The minimum Gasteiger partial charge on any atom is -0.371 e. The molecule has 31 heavy (non-hydrogen) atoms. The van der Waals surface area contributed by atoms with Gasteiger partial charge in [-0.05, 0) is 55.7 Å². The van der Waals surface area contributed by atoms with Crippen molar-refractivity contribution in [2.24, 2.45) is 0 Å². The van der Waals surface area contributed by atoms with Gasteiger partial charge in [0.25, 0.3) is 0 Å². The minimum atomic E-state index is 0.650. The first kappa shape index (κ1) is 19.9. The number of anilines is 3. The van der Waals surface area contributed by atoms with Gasteiger partial charge >= 0.3 is 0 Å². The number of aryl methyl sites for hydroxylation is 1. The number of hydrogen-bond donors (Lipinski definition) is 3. The molecule has 0 radical (unpaired) electrons. The second-order valence-corrected chi connectivity index (χ2v) is 8.36. The van der Waals surface area contributed by atoms with Crippen LogP contribution in [0, 0.1) is 6.92 Å². The van der Waals surface area contributed by atoms with E-state index in [9.17, 15) is 0 Å². The van der Waals surface area contributed by atoms with E-state index in [0.717, 1.165) is 46.6 Å². The summed E-state index contributed by atoms with van der Waals surface area (Å²) in [5, 5.41) is 11.3. The van der Waals surface area contributed by atoms with Crippen LogP contribution in [0.3, 0.4) is 0 Å². The van der Waals surface area contributed by atoms with Crippen LogP contribution in [-0.2, 0) is 13.1 Å². The molecule has 3 N–H and O–H groups in total. The molecule has 0 spiro atoms. The van der Waals surface area contributed by atoms with Crippen molar-refractivity contribution in [3.8, 4) is 0 Å². The van der Waals surface area contributed by atoms with Crippen LogP contribution in [0.1, 0.15) is 29.7 Å². The topological polar surface area (TPSA) is 82.0 Å². The third-order valence-corrected chi connectivity index (χ3v) is 6.04. The predicted octanol–water partition coefficient (Wildman–Crippen LogP) is 5.15. The summed E-state index contributed by atoms with van der Waals surface area (Å²) in [6.07, 6.45) is 4.19. The molecule has 2 aromatic heterocycles. The standard InChI is InChI=1S/C23H25ClN6O/c1-15-17(14-31-29-15)13-25-12-16-4-6-19(24)21(10-16)27-23-26-20-7-5-18(11-22(20)28-23)30-8-2-3-9-30/h4-7,10-11,14,25H,2-3,8-9,12-13H2,1H3,(H2,26,27,28). The summed E-state index contributed by atoms with van der Waals surface area (Å²) in [5.41, 5.74) is 7.10. The smallest absolute Gasteiger partial charge is 0.205 e. The van der Waals surface area contributed by atoms with Gasteiger partial charge in [-0.15, -0.1) is 0 Å². The number of halogens is 1. The Labute approximate surface area is 185 Å². The lowest BCUT2D eigenvalue weighted by Crippen LogP contribution is -2.17. The Morgan fingerprint density at radius 2 is 2.00 bits per heavy atom. The third kappa shape index (κ3) is 4.38. The number of aromatic amines is 1. The highest BCUT2D eigenvalue weighted by molar-refractivity contribution is 6.33. The minimum absolute atomic E-state index is 0.650. The number of hydrogen-bond acceptors (Lipinski definition) is 6. The van der Waals surface area contributed by atoms with Crippen molar-refractivity contribution in [1.29, 1.82) is 0 Å². The van der Waals surface area contributed by atoms with E-state index >= 15 is 0 Å². The van der Waals surface area contributed by atoms with Crippen LogP contribution >= 0.6 is 11.6 Å². The molecular weight excluding hydrogens is 412 g/mol. The van der Waals surface area contributed by atoms with E-state index in [1.165, 1.54) is 18.5 Å². The lowest BCUT2D eigenvalue weighted by atomic mass is 10.2. The van der Waals surface area contributed by atoms with Gasteiger partial charge in [-0.25, -0.2) is 4.98 Å². The number of nitrogens with zero attached hydrogens (tertiary/aromatic N) is 3. The van der Waals surface area contributed by atoms with Crippen molar-refractivity contribution in [3.05, 3.63) is 64.5 Å².